The zero-order valence-electron chi connectivity index (χ0n) is 11.8. The summed E-state index contributed by atoms with van der Waals surface area (Å²) >= 11 is 0. The van der Waals surface area contributed by atoms with Crippen LogP contribution in [0.1, 0.15) is 34.1 Å². The van der Waals surface area contributed by atoms with Crippen LogP contribution in [-0.2, 0) is 9.59 Å². The van der Waals surface area contributed by atoms with Crippen molar-refractivity contribution in [2.24, 2.45) is 5.92 Å². The zero-order chi connectivity index (χ0) is 15.0. The van der Waals surface area contributed by atoms with Crippen molar-refractivity contribution in [2.45, 2.75) is 46.2 Å². The highest BCUT2D eigenvalue weighted by atomic mass is 16.4. The molecule has 0 bridgehead atoms. The minimum absolute atomic E-state index is 0.00919. The van der Waals surface area contributed by atoms with Crippen LogP contribution < -0.4 is 16.0 Å². The number of hydrogen-bond donors (Lipinski definition) is 4. The van der Waals surface area contributed by atoms with E-state index < -0.39 is 18.0 Å². The minimum atomic E-state index is -1.09. The molecule has 1 atom stereocenters. The summed E-state index contributed by atoms with van der Waals surface area (Å²) in [5.74, 6) is -1.26. The van der Waals surface area contributed by atoms with E-state index in [0.717, 1.165) is 0 Å². The molecule has 0 aliphatic rings. The van der Waals surface area contributed by atoms with Crippen LogP contribution >= 0.6 is 0 Å². The highest BCUT2D eigenvalue weighted by Crippen LogP contribution is 2.04. The molecule has 0 aromatic carbocycles. The SMILES string of the molecule is CC(C)C[C@H](NC(=O)NCC(=O)NC(C)C)C(=O)O. The number of nitrogens with one attached hydrogen (secondary N) is 3. The minimum Gasteiger partial charge on any atom is -0.480 e. The van der Waals surface area contributed by atoms with Gasteiger partial charge in [0.05, 0.1) is 6.54 Å². The smallest absolute Gasteiger partial charge is 0.326 e. The largest absolute Gasteiger partial charge is 0.480 e. The molecule has 0 unspecified atom stereocenters. The molecule has 4 N–H and O–H groups in total. The second-order valence-corrected chi connectivity index (χ2v) is 5.07. The third-order valence-corrected chi connectivity index (χ3v) is 2.17. The lowest BCUT2D eigenvalue weighted by molar-refractivity contribution is -0.139. The molecule has 0 aromatic heterocycles. The summed E-state index contributed by atoms with van der Waals surface area (Å²) < 4.78 is 0. The first-order valence-corrected chi connectivity index (χ1v) is 6.29. The number of amides is 3. The van der Waals surface area contributed by atoms with E-state index in [4.69, 9.17) is 5.11 Å². The zero-order valence-corrected chi connectivity index (χ0v) is 11.8. The molecule has 3 amide bonds. The fourth-order valence-corrected chi connectivity index (χ4v) is 1.44. The Hall–Kier alpha value is -1.79. The van der Waals surface area contributed by atoms with Gasteiger partial charge in [0.25, 0.3) is 0 Å². The van der Waals surface area contributed by atoms with E-state index in [1.807, 2.05) is 13.8 Å². The van der Waals surface area contributed by atoms with Crippen LogP contribution in [0.3, 0.4) is 0 Å². The fraction of sp³-hybridized carbons (Fsp3) is 0.750. The highest BCUT2D eigenvalue weighted by Gasteiger charge is 2.21. The molecule has 110 valence electrons. The van der Waals surface area contributed by atoms with E-state index in [2.05, 4.69) is 16.0 Å². The number of rotatable bonds is 7. The van der Waals surface area contributed by atoms with Crippen molar-refractivity contribution in [3.63, 3.8) is 0 Å². The van der Waals surface area contributed by atoms with Gasteiger partial charge in [-0.1, -0.05) is 13.8 Å². The van der Waals surface area contributed by atoms with Crippen molar-refractivity contribution in [2.75, 3.05) is 6.54 Å². The van der Waals surface area contributed by atoms with Crippen LogP contribution in [0.2, 0.25) is 0 Å². The lowest BCUT2D eigenvalue weighted by Crippen LogP contribution is -2.49. The fourth-order valence-electron chi connectivity index (χ4n) is 1.44. The molecule has 19 heavy (non-hydrogen) atoms. The molecule has 0 saturated heterocycles. The molecule has 0 fully saturated rings. The van der Waals surface area contributed by atoms with Gasteiger partial charge in [0.2, 0.25) is 5.91 Å². The van der Waals surface area contributed by atoms with Gasteiger partial charge in [-0.3, -0.25) is 4.79 Å². The molecular formula is C12H23N3O4. The highest BCUT2D eigenvalue weighted by molar-refractivity contribution is 5.86. The standard InChI is InChI=1S/C12H23N3O4/c1-7(2)5-9(11(17)18)15-12(19)13-6-10(16)14-8(3)4/h7-9H,5-6H2,1-4H3,(H,14,16)(H,17,18)(H2,13,15,19)/t9-/m0/s1. The number of hydrogen-bond acceptors (Lipinski definition) is 3. The molecule has 0 radical (unpaired) electrons. The summed E-state index contributed by atoms with van der Waals surface area (Å²) in [5, 5.41) is 16.2. The van der Waals surface area contributed by atoms with Crippen LogP contribution in [-0.4, -0.2) is 41.6 Å². The van der Waals surface area contributed by atoms with Gasteiger partial charge in [-0.05, 0) is 26.2 Å². The Labute approximate surface area is 113 Å². The van der Waals surface area contributed by atoms with Crippen LogP contribution in [0.15, 0.2) is 0 Å². The molecule has 0 aliphatic carbocycles. The van der Waals surface area contributed by atoms with Gasteiger partial charge in [0.15, 0.2) is 0 Å². The summed E-state index contributed by atoms with van der Waals surface area (Å²) in [6, 6.07) is -1.62. The Morgan fingerprint density at radius 3 is 2.05 bits per heavy atom. The second kappa shape index (κ2) is 8.34. The molecule has 0 rings (SSSR count). The van der Waals surface area contributed by atoms with E-state index in [-0.39, 0.29) is 24.4 Å². The predicted molar refractivity (Wildman–Crippen MR) is 70.7 cm³/mol. The maximum Gasteiger partial charge on any atom is 0.326 e. The third kappa shape index (κ3) is 8.87. The van der Waals surface area contributed by atoms with Gasteiger partial charge in [0, 0.05) is 6.04 Å². The summed E-state index contributed by atoms with van der Waals surface area (Å²) in [4.78, 5) is 33.7. The lowest BCUT2D eigenvalue weighted by Gasteiger charge is -2.17. The van der Waals surface area contributed by atoms with Crippen LogP contribution in [0.4, 0.5) is 4.79 Å². The van der Waals surface area contributed by atoms with E-state index in [0.29, 0.717) is 6.42 Å². The van der Waals surface area contributed by atoms with Gasteiger partial charge >= 0.3 is 12.0 Å². The van der Waals surface area contributed by atoms with Crippen LogP contribution in [0.5, 0.6) is 0 Å². The number of carboxylic acids is 1. The Kier molecular flexibility index (Phi) is 7.55. The summed E-state index contributed by atoms with van der Waals surface area (Å²) in [6.07, 6.45) is 0.334. The summed E-state index contributed by atoms with van der Waals surface area (Å²) in [7, 11) is 0. The number of carbonyl (C=O) groups excluding carboxylic acids is 2. The van der Waals surface area contributed by atoms with Gasteiger partial charge < -0.3 is 21.1 Å². The van der Waals surface area contributed by atoms with Crippen molar-refractivity contribution in [1.29, 1.82) is 0 Å². The van der Waals surface area contributed by atoms with Crippen molar-refractivity contribution >= 4 is 17.9 Å². The second-order valence-electron chi connectivity index (χ2n) is 5.07. The molecular weight excluding hydrogens is 250 g/mol. The Morgan fingerprint density at radius 2 is 1.63 bits per heavy atom. The van der Waals surface area contributed by atoms with Crippen LogP contribution in [0, 0.1) is 5.92 Å². The first kappa shape index (κ1) is 17.2. The summed E-state index contributed by atoms with van der Waals surface area (Å²) in [6.45, 7) is 7.16. The molecule has 7 nitrogen and oxygen atoms in total. The van der Waals surface area contributed by atoms with Gasteiger partial charge in [0.1, 0.15) is 6.04 Å². The van der Waals surface area contributed by atoms with Crippen molar-refractivity contribution in [3.05, 3.63) is 0 Å². The Balaban J connectivity index is 4.13. The molecule has 0 aliphatic heterocycles. The maximum absolute atomic E-state index is 11.5. The van der Waals surface area contributed by atoms with Gasteiger partial charge in [-0.2, -0.15) is 0 Å². The Morgan fingerprint density at radius 1 is 1.05 bits per heavy atom. The van der Waals surface area contributed by atoms with E-state index >= 15 is 0 Å². The third-order valence-electron chi connectivity index (χ3n) is 2.17. The molecule has 0 spiro atoms. The Bertz CT molecular complexity index is 329. The molecule has 0 heterocycles. The van der Waals surface area contributed by atoms with Gasteiger partial charge in [-0.15, -0.1) is 0 Å². The quantitative estimate of drug-likeness (QED) is 0.535. The molecule has 7 heteroatoms. The van der Waals surface area contributed by atoms with Crippen molar-refractivity contribution < 1.29 is 19.5 Å². The lowest BCUT2D eigenvalue weighted by atomic mass is 10.0. The van der Waals surface area contributed by atoms with E-state index in [1.54, 1.807) is 13.8 Å². The maximum atomic E-state index is 11.5. The molecule has 0 aromatic rings. The van der Waals surface area contributed by atoms with Crippen molar-refractivity contribution in [1.82, 2.24) is 16.0 Å². The number of carboxylic acid groups (broad SMARTS) is 1. The van der Waals surface area contributed by atoms with E-state index in [9.17, 15) is 14.4 Å². The molecule has 0 saturated carbocycles. The van der Waals surface area contributed by atoms with Crippen molar-refractivity contribution in [3.8, 4) is 0 Å². The number of aliphatic carboxylic acids is 1. The monoisotopic (exact) mass is 273 g/mol. The van der Waals surface area contributed by atoms with Gasteiger partial charge in [-0.25, -0.2) is 9.59 Å². The average Bonchev–Trinajstić information content (AvgIpc) is 2.23. The van der Waals surface area contributed by atoms with E-state index in [1.165, 1.54) is 0 Å². The normalized spacial score (nSPS) is 12.1. The topological polar surface area (TPSA) is 108 Å². The number of urea groups is 1. The van der Waals surface area contributed by atoms with Crippen LogP contribution in [0.25, 0.3) is 0 Å². The number of carbonyl (C=O) groups is 3. The average molecular weight is 273 g/mol. The first-order chi connectivity index (χ1) is 8.72. The first-order valence-electron chi connectivity index (χ1n) is 6.29. The summed E-state index contributed by atoms with van der Waals surface area (Å²) in [5.41, 5.74) is 0. The predicted octanol–water partition coefficient (Wildman–Crippen LogP) is 0.310.